The molecule has 3 aromatic rings. The van der Waals surface area contributed by atoms with E-state index in [1.807, 2.05) is 6.92 Å². The molecule has 0 spiro atoms. The highest BCUT2D eigenvalue weighted by molar-refractivity contribution is 5.90. The molecule has 2 N–H and O–H groups in total. The third-order valence-corrected chi connectivity index (χ3v) is 7.92. The molecule has 0 aliphatic carbocycles. The number of carboxylic acid groups (broad SMARTS) is 1. The molecule has 1 aromatic carbocycles. The Labute approximate surface area is 289 Å². The van der Waals surface area contributed by atoms with E-state index >= 15 is 0 Å². The molecule has 0 radical (unpaired) electrons. The number of unbranched alkanes of at least 4 members (excludes halogenated alkanes) is 1. The van der Waals surface area contributed by atoms with E-state index < -0.39 is 54.0 Å². The molecule has 0 saturated carbocycles. The zero-order valence-corrected chi connectivity index (χ0v) is 27.9. The Balaban J connectivity index is 1.68. The number of aromatic nitrogens is 3. The number of rotatable bonds is 15. The number of anilines is 2. The third-order valence-electron chi connectivity index (χ3n) is 7.92. The standard InChI is InChI=1S/C33H37F6N5O7/c1-4-22-17-24(29-25(8-9-27(43-29)49-3)44(22)31(47)51-10-6-5-7-28(45)46)42-30-40-18-26(50-12-11-48-2)23(41-30)15-19-13-20(32(34,35)36)16-21(14-19)33(37,38)39/h8-9,13-14,16,18,22,24H,4-7,10-12,15,17H2,1-3H3,(H,45,46)(H,40,41,42)/t22-,24+/m1/s1. The van der Waals surface area contributed by atoms with Gasteiger partial charge < -0.3 is 29.4 Å². The summed E-state index contributed by atoms with van der Waals surface area (Å²) in [5, 5.41) is 12.0. The van der Waals surface area contributed by atoms with E-state index in [0.717, 1.165) is 0 Å². The Morgan fingerprint density at radius 1 is 0.980 bits per heavy atom. The maximum atomic E-state index is 13.6. The molecule has 4 rings (SSSR count). The monoisotopic (exact) mass is 729 g/mol. The molecule has 2 atom stereocenters. The first kappa shape index (κ1) is 38.9. The van der Waals surface area contributed by atoms with Crippen LogP contribution in [0.15, 0.2) is 36.5 Å². The number of carbonyl (C=O) groups is 2. The number of nitrogens with zero attached hydrogens (tertiary/aromatic N) is 4. The lowest BCUT2D eigenvalue weighted by atomic mass is 9.93. The second kappa shape index (κ2) is 16.9. The lowest BCUT2D eigenvalue weighted by Gasteiger charge is -2.39. The number of hydrogen-bond donors (Lipinski definition) is 2. The fourth-order valence-corrected chi connectivity index (χ4v) is 5.47. The quantitative estimate of drug-likeness (QED) is 0.122. The minimum atomic E-state index is -5.04. The zero-order valence-electron chi connectivity index (χ0n) is 27.9. The van der Waals surface area contributed by atoms with Gasteiger partial charge in [-0.15, -0.1) is 0 Å². The molecule has 1 amide bonds. The predicted octanol–water partition coefficient (Wildman–Crippen LogP) is 7.07. The topological polar surface area (TPSA) is 145 Å². The van der Waals surface area contributed by atoms with Gasteiger partial charge in [0.05, 0.1) is 60.8 Å². The fourth-order valence-electron chi connectivity index (χ4n) is 5.47. The van der Waals surface area contributed by atoms with Crippen LogP contribution in [0.4, 0.5) is 42.8 Å². The number of nitrogens with one attached hydrogen (secondary N) is 1. The van der Waals surface area contributed by atoms with Crippen molar-refractivity contribution in [1.82, 2.24) is 15.0 Å². The van der Waals surface area contributed by atoms with Crippen molar-refractivity contribution in [2.75, 3.05) is 44.3 Å². The highest BCUT2D eigenvalue weighted by Crippen LogP contribution is 2.41. The maximum absolute atomic E-state index is 13.6. The number of pyridine rings is 1. The summed E-state index contributed by atoms with van der Waals surface area (Å²) >= 11 is 0. The summed E-state index contributed by atoms with van der Waals surface area (Å²) in [5.74, 6) is -0.731. The van der Waals surface area contributed by atoms with Crippen molar-refractivity contribution in [3.8, 4) is 11.6 Å². The molecule has 2 aromatic heterocycles. The number of methoxy groups -OCH3 is 2. The number of carbonyl (C=O) groups excluding carboxylic acids is 1. The van der Waals surface area contributed by atoms with E-state index in [0.29, 0.717) is 42.8 Å². The number of aliphatic carboxylic acids is 1. The zero-order chi connectivity index (χ0) is 37.3. The van der Waals surface area contributed by atoms with Crippen molar-refractivity contribution >= 4 is 23.7 Å². The van der Waals surface area contributed by atoms with E-state index in [1.165, 1.54) is 25.3 Å². The number of amides is 1. The average Bonchev–Trinajstić information content (AvgIpc) is 3.07. The smallest absolute Gasteiger partial charge is 0.416 e. The van der Waals surface area contributed by atoms with Gasteiger partial charge in [-0.2, -0.15) is 26.3 Å². The third kappa shape index (κ3) is 10.3. The lowest BCUT2D eigenvalue weighted by Crippen LogP contribution is -2.46. The van der Waals surface area contributed by atoms with Gasteiger partial charge in [0.2, 0.25) is 11.8 Å². The minimum absolute atomic E-state index is 0.000580. The summed E-state index contributed by atoms with van der Waals surface area (Å²) in [6.45, 7) is 2.00. The van der Waals surface area contributed by atoms with Gasteiger partial charge in [0.15, 0.2) is 5.75 Å². The number of alkyl halides is 6. The minimum Gasteiger partial charge on any atom is -0.488 e. The van der Waals surface area contributed by atoms with Crippen molar-refractivity contribution in [3.63, 3.8) is 0 Å². The van der Waals surface area contributed by atoms with Gasteiger partial charge in [0.25, 0.3) is 0 Å². The Morgan fingerprint density at radius 3 is 2.29 bits per heavy atom. The Bertz CT molecular complexity index is 1640. The normalized spacial score (nSPS) is 16.0. The predicted molar refractivity (Wildman–Crippen MR) is 170 cm³/mol. The second-order valence-corrected chi connectivity index (χ2v) is 11.5. The molecule has 1 aliphatic rings. The van der Waals surface area contributed by atoms with E-state index in [-0.39, 0.29) is 67.6 Å². The van der Waals surface area contributed by atoms with Crippen LogP contribution in [0.25, 0.3) is 0 Å². The molecule has 0 fully saturated rings. The molecule has 18 heteroatoms. The Kier molecular flexibility index (Phi) is 12.9. The molecular formula is C33H37F6N5O7. The van der Waals surface area contributed by atoms with Crippen LogP contribution < -0.4 is 19.7 Å². The van der Waals surface area contributed by atoms with Gasteiger partial charge >= 0.3 is 24.4 Å². The average molecular weight is 730 g/mol. The first-order valence-corrected chi connectivity index (χ1v) is 15.9. The molecular weight excluding hydrogens is 692 g/mol. The number of hydrogen-bond acceptors (Lipinski definition) is 10. The van der Waals surface area contributed by atoms with Crippen LogP contribution >= 0.6 is 0 Å². The molecule has 3 heterocycles. The summed E-state index contributed by atoms with van der Waals surface area (Å²) in [4.78, 5) is 38.9. The van der Waals surface area contributed by atoms with E-state index in [1.54, 1.807) is 12.1 Å². The Morgan fingerprint density at radius 2 is 1.69 bits per heavy atom. The molecule has 0 unspecified atom stereocenters. The number of fused-ring (bicyclic) bond motifs is 1. The van der Waals surface area contributed by atoms with E-state index in [9.17, 15) is 35.9 Å². The van der Waals surface area contributed by atoms with Crippen LogP contribution in [0.1, 0.15) is 73.1 Å². The van der Waals surface area contributed by atoms with Crippen LogP contribution in [0.5, 0.6) is 11.6 Å². The summed E-state index contributed by atoms with van der Waals surface area (Å²) in [7, 11) is 2.83. The summed E-state index contributed by atoms with van der Waals surface area (Å²) < 4.78 is 103. The van der Waals surface area contributed by atoms with Crippen molar-refractivity contribution in [1.29, 1.82) is 0 Å². The van der Waals surface area contributed by atoms with Crippen molar-refractivity contribution in [3.05, 3.63) is 64.6 Å². The summed E-state index contributed by atoms with van der Waals surface area (Å²) in [6, 6.07) is 3.44. The fraction of sp³-hybridized carbons (Fsp3) is 0.485. The number of benzene rings is 1. The van der Waals surface area contributed by atoms with E-state index in [2.05, 4.69) is 20.3 Å². The molecule has 0 saturated heterocycles. The second-order valence-electron chi connectivity index (χ2n) is 11.5. The van der Waals surface area contributed by atoms with Gasteiger partial charge in [-0.1, -0.05) is 6.92 Å². The van der Waals surface area contributed by atoms with Crippen molar-refractivity contribution < 1.29 is 60.0 Å². The molecule has 0 bridgehead atoms. The maximum Gasteiger partial charge on any atom is 0.416 e. The molecule has 1 aliphatic heterocycles. The van der Waals surface area contributed by atoms with Gasteiger partial charge in [0.1, 0.15) is 6.61 Å². The molecule has 51 heavy (non-hydrogen) atoms. The molecule has 278 valence electrons. The summed E-state index contributed by atoms with van der Waals surface area (Å²) in [5.41, 5.74) is -2.48. The van der Waals surface area contributed by atoms with E-state index in [4.69, 9.17) is 24.1 Å². The number of ether oxygens (including phenoxy) is 4. The Hall–Kier alpha value is -4.87. The first-order chi connectivity index (χ1) is 24.1. The van der Waals surface area contributed by atoms with Gasteiger partial charge in [-0.3, -0.25) is 9.69 Å². The van der Waals surface area contributed by atoms with Crippen LogP contribution in [-0.2, 0) is 33.0 Å². The summed E-state index contributed by atoms with van der Waals surface area (Å²) in [6.07, 6.45) is -8.57. The van der Waals surface area contributed by atoms with Crippen LogP contribution in [-0.4, -0.2) is 72.2 Å². The number of halogens is 6. The van der Waals surface area contributed by atoms with Gasteiger partial charge in [-0.05, 0) is 55.5 Å². The first-order valence-electron chi connectivity index (χ1n) is 15.9. The van der Waals surface area contributed by atoms with Gasteiger partial charge in [-0.25, -0.2) is 19.7 Å². The lowest BCUT2D eigenvalue weighted by molar-refractivity contribution is -0.143. The molecule has 12 nitrogen and oxygen atoms in total. The van der Waals surface area contributed by atoms with Crippen LogP contribution in [0.2, 0.25) is 0 Å². The van der Waals surface area contributed by atoms with Crippen molar-refractivity contribution in [2.45, 2.75) is 69.9 Å². The highest BCUT2D eigenvalue weighted by Gasteiger charge is 2.39. The van der Waals surface area contributed by atoms with Crippen LogP contribution in [0, 0.1) is 0 Å². The van der Waals surface area contributed by atoms with Gasteiger partial charge in [0, 0.05) is 32.1 Å². The number of carboxylic acids is 1. The van der Waals surface area contributed by atoms with Crippen LogP contribution in [0.3, 0.4) is 0 Å². The highest BCUT2D eigenvalue weighted by atomic mass is 19.4. The van der Waals surface area contributed by atoms with Crippen molar-refractivity contribution in [2.24, 2.45) is 0 Å². The largest absolute Gasteiger partial charge is 0.488 e. The SMILES string of the molecule is CC[C@@H]1C[C@H](Nc2ncc(OCCOC)c(Cc3cc(C(F)(F)F)cc(C(F)(F)F)c3)n2)c2nc(OC)ccc2N1C(=O)OCCCCC(=O)O.